The Labute approximate surface area is 129 Å². The van der Waals surface area contributed by atoms with E-state index in [0.29, 0.717) is 0 Å². The molecule has 0 radical (unpaired) electrons. The Balaban J connectivity index is 2.11. The summed E-state index contributed by atoms with van der Waals surface area (Å²) in [4.78, 5) is 4.56. The minimum atomic E-state index is 0.113. The second-order valence-electron chi connectivity index (χ2n) is 4.16. The fraction of sp³-hybridized carbons (Fsp3) is 0.0667. The Kier molecular flexibility index (Phi) is 3.89. The summed E-state index contributed by atoms with van der Waals surface area (Å²) >= 11 is 3.67. The summed E-state index contributed by atoms with van der Waals surface area (Å²) in [6.07, 6.45) is 0. The maximum absolute atomic E-state index is 4.56. The molecule has 0 saturated heterocycles. The van der Waals surface area contributed by atoms with Gasteiger partial charge in [0.15, 0.2) is 8.84 Å². The van der Waals surface area contributed by atoms with Crippen LogP contribution < -0.4 is 0 Å². The molecule has 3 aromatic rings. The van der Waals surface area contributed by atoms with Gasteiger partial charge in [-0.15, -0.1) is 0 Å². The Bertz CT molecular complexity index is 613. The van der Waals surface area contributed by atoms with E-state index in [-0.39, 0.29) is 5.92 Å². The smallest absolute Gasteiger partial charge is 0.174 e. The summed E-state index contributed by atoms with van der Waals surface area (Å²) in [5.74, 6) is 0.994. The molecular formula is C15H11IN2S. The van der Waals surface area contributed by atoms with Crippen molar-refractivity contribution in [2.24, 2.45) is 0 Å². The van der Waals surface area contributed by atoms with Gasteiger partial charge in [0, 0.05) is 0 Å². The monoisotopic (exact) mass is 378 g/mol. The van der Waals surface area contributed by atoms with Crippen molar-refractivity contribution < 1.29 is 0 Å². The first-order valence-corrected chi connectivity index (χ1v) is 7.79. The molecule has 3 rings (SSSR count). The first-order chi connectivity index (χ1) is 9.34. The molecule has 0 spiro atoms. The van der Waals surface area contributed by atoms with Crippen molar-refractivity contribution in [1.82, 2.24) is 9.36 Å². The average molecular weight is 378 g/mol. The van der Waals surface area contributed by atoms with Gasteiger partial charge in [0.1, 0.15) is 0 Å². The van der Waals surface area contributed by atoms with E-state index in [1.165, 1.54) is 22.7 Å². The molecule has 0 amide bonds. The average Bonchev–Trinajstić information content (AvgIpc) is 2.88. The van der Waals surface area contributed by atoms with E-state index < -0.39 is 0 Å². The van der Waals surface area contributed by atoms with Crippen molar-refractivity contribution in [2.75, 3.05) is 0 Å². The van der Waals surface area contributed by atoms with Crippen LogP contribution in [-0.4, -0.2) is 9.36 Å². The summed E-state index contributed by atoms with van der Waals surface area (Å²) in [5.41, 5.74) is 2.45. The Morgan fingerprint density at radius 1 is 0.842 bits per heavy atom. The summed E-state index contributed by atoms with van der Waals surface area (Å²) in [6.45, 7) is 0. The molecule has 1 aromatic heterocycles. The second-order valence-corrected chi connectivity index (χ2v) is 6.67. The predicted octanol–water partition coefficient (Wildman–Crippen LogP) is 4.32. The number of aromatic nitrogens is 2. The first kappa shape index (κ1) is 12.7. The maximum Gasteiger partial charge on any atom is 0.174 e. The normalized spacial score (nSPS) is 10.8. The van der Waals surface area contributed by atoms with Crippen LogP contribution in [0.5, 0.6) is 0 Å². The van der Waals surface area contributed by atoms with Crippen LogP contribution in [-0.2, 0) is 0 Å². The van der Waals surface area contributed by atoms with Gasteiger partial charge in [-0.05, 0) is 45.3 Å². The summed E-state index contributed by atoms with van der Waals surface area (Å²) in [5, 5.41) is 0. The molecule has 0 aliphatic carbocycles. The third kappa shape index (κ3) is 2.84. The lowest BCUT2D eigenvalue weighted by Crippen LogP contribution is -2.05. The van der Waals surface area contributed by atoms with Crippen LogP contribution in [0.15, 0.2) is 60.7 Å². The molecule has 94 valence electrons. The van der Waals surface area contributed by atoms with E-state index in [9.17, 15) is 0 Å². The number of nitrogens with zero attached hydrogens (tertiary/aromatic N) is 2. The van der Waals surface area contributed by atoms with Crippen molar-refractivity contribution >= 4 is 34.1 Å². The van der Waals surface area contributed by atoms with Gasteiger partial charge in [-0.3, -0.25) is 0 Å². The van der Waals surface area contributed by atoms with E-state index in [2.05, 4.69) is 80.5 Å². The van der Waals surface area contributed by atoms with Gasteiger partial charge in [-0.2, -0.15) is 4.37 Å². The van der Waals surface area contributed by atoms with Crippen molar-refractivity contribution in [3.63, 3.8) is 0 Å². The molecule has 0 bridgehead atoms. The van der Waals surface area contributed by atoms with Crippen LogP contribution in [0.1, 0.15) is 22.9 Å². The highest BCUT2D eigenvalue weighted by molar-refractivity contribution is 14.1. The van der Waals surface area contributed by atoms with E-state index in [1.54, 1.807) is 0 Å². The minimum absolute atomic E-state index is 0.113. The van der Waals surface area contributed by atoms with Gasteiger partial charge in [-0.25, -0.2) is 4.98 Å². The highest BCUT2D eigenvalue weighted by Gasteiger charge is 2.20. The largest absolute Gasteiger partial charge is 0.212 e. The molecule has 0 saturated carbocycles. The molecule has 2 aromatic carbocycles. The topological polar surface area (TPSA) is 25.8 Å². The fourth-order valence-corrected chi connectivity index (χ4v) is 3.11. The lowest BCUT2D eigenvalue weighted by molar-refractivity contribution is 0.887. The Morgan fingerprint density at radius 3 is 1.79 bits per heavy atom. The molecule has 1 heterocycles. The lowest BCUT2D eigenvalue weighted by Gasteiger charge is -2.14. The number of hydrogen-bond acceptors (Lipinski definition) is 3. The summed E-state index contributed by atoms with van der Waals surface area (Å²) in [7, 11) is 0. The Hall–Kier alpha value is -1.27. The van der Waals surface area contributed by atoms with Crippen LogP contribution in [0.25, 0.3) is 0 Å². The highest BCUT2D eigenvalue weighted by atomic mass is 127. The van der Waals surface area contributed by atoms with Crippen LogP contribution in [0.2, 0.25) is 0 Å². The SMILES string of the molecule is Ic1nc(C(c2ccccc2)c2ccccc2)ns1. The van der Waals surface area contributed by atoms with Gasteiger partial charge < -0.3 is 0 Å². The number of hydrogen-bond donors (Lipinski definition) is 0. The molecule has 0 aliphatic rings. The minimum Gasteiger partial charge on any atom is -0.212 e. The second kappa shape index (κ2) is 5.79. The molecule has 0 N–H and O–H groups in total. The van der Waals surface area contributed by atoms with Crippen LogP contribution >= 0.6 is 34.1 Å². The molecule has 0 fully saturated rings. The van der Waals surface area contributed by atoms with E-state index in [4.69, 9.17) is 0 Å². The van der Waals surface area contributed by atoms with E-state index in [1.807, 2.05) is 12.1 Å². The van der Waals surface area contributed by atoms with Gasteiger partial charge in [0.2, 0.25) is 0 Å². The fourth-order valence-electron chi connectivity index (χ4n) is 2.11. The van der Waals surface area contributed by atoms with Gasteiger partial charge in [0.25, 0.3) is 0 Å². The standard InChI is InChI=1S/C15H11IN2S/c16-15-17-14(18-19-15)13(11-7-3-1-4-8-11)12-9-5-2-6-10-12/h1-10,13H. The zero-order chi connectivity index (χ0) is 13.1. The molecule has 0 unspecified atom stereocenters. The molecule has 19 heavy (non-hydrogen) atoms. The number of halogens is 1. The maximum atomic E-state index is 4.56. The summed E-state index contributed by atoms with van der Waals surface area (Å²) in [6, 6.07) is 20.8. The lowest BCUT2D eigenvalue weighted by atomic mass is 9.91. The number of benzene rings is 2. The van der Waals surface area contributed by atoms with Crippen molar-refractivity contribution in [2.45, 2.75) is 5.92 Å². The molecule has 4 heteroatoms. The number of rotatable bonds is 3. The molecular weight excluding hydrogens is 367 g/mol. The van der Waals surface area contributed by atoms with Crippen LogP contribution in [0, 0.1) is 3.01 Å². The predicted molar refractivity (Wildman–Crippen MR) is 86.5 cm³/mol. The van der Waals surface area contributed by atoms with Crippen LogP contribution in [0.3, 0.4) is 0 Å². The van der Waals surface area contributed by atoms with Crippen molar-refractivity contribution in [3.8, 4) is 0 Å². The third-order valence-corrected chi connectivity index (χ3v) is 4.29. The van der Waals surface area contributed by atoms with Gasteiger partial charge in [0.05, 0.1) is 5.92 Å². The highest BCUT2D eigenvalue weighted by Crippen LogP contribution is 2.30. The van der Waals surface area contributed by atoms with Crippen molar-refractivity contribution in [1.29, 1.82) is 0 Å². The van der Waals surface area contributed by atoms with Crippen molar-refractivity contribution in [3.05, 3.63) is 80.6 Å². The van der Waals surface area contributed by atoms with E-state index in [0.717, 1.165) is 8.84 Å². The Morgan fingerprint density at radius 2 is 1.37 bits per heavy atom. The summed E-state index contributed by atoms with van der Waals surface area (Å²) < 4.78 is 5.47. The molecule has 2 nitrogen and oxygen atoms in total. The van der Waals surface area contributed by atoms with Crippen LogP contribution in [0.4, 0.5) is 0 Å². The third-order valence-electron chi connectivity index (χ3n) is 2.94. The zero-order valence-corrected chi connectivity index (χ0v) is 13.0. The molecule has 0 atom stereocenters. The van der Waals surface area contributed by atoms with E-state index >= 15 is 0 Å². The van der Waals surface area contributed by atoms with Gasteiger partial charge in [-0.1, -0.05) is 60.7 Å². The quantitative estimate of drug-likeness (QED) is 0.635. The molecule has 0 aliphatic heterocycles. The van der Waals surface area contributed by atoms with Gasteiger partial charge >= 0.3 is 0 Å². The first-order valence-electron chi connectivity index (χ1n) is 5.93. The zero-order valence-electron chi connectivity index (χ0n) is 10.0.